The van der Waals surface area contributed by atoms with E-state index >= 15 is 0 Å². The van der Waals surface area contributed by atoms with E-state index < -0.39 is 5.97 Å². The molecule has 0 heterocycles. The quantitative estimate of drug-likeness (QED) is 0.179. The summed E-state index contributed by atoms with van der Waals surface area (Å²) >= 11 is 6.13. The third-order valence-corrected chi connectivity index (χ3v) is 5.27. The predicted octanol–water partition coefficient (Wildman–Crippen LogP) is 5.48. The van der Waals surface area contributed by atoms with E-state index in [1.807, 2.05) is 30.3 Å². The molecule has 0 aliphatic heterocycles. The lowest BCUT2D eigenvalue weighted by Gasteiger charge is -2.11. The third kappa shape index (κ3) is 5.02. The predicted molar refractivity (Wildman–Crippen MR) is 128 cm³/mol. The van der Waals surface area contributed by atoms with Crippen LogP contribution in [0.4, 0.5) is 0 Å². The van der Waals surface area contributed by atoms with Crippen LogP contribution < -0.4 is 14.9 Å². The van der Waals surface area contributed by atoms with Gasteiger partial charge in [-0.05, 0) is 53.2 Å². The summed E-state index contributed by atoms with van der Waals surface area (Å²) in [6, 6.07) is 24.4. The van der Waals surface area contributed by atoms with E-state index in [0.717, 1.165) is 10.8 Å². The monoisotopic (exact) mass is 458 g/mol. The fourth-order valence-electron chi connectivity index (χ4n) is 3.24. The molecule has 33 heavy (non-hydrogen) atoms. The molecule has 1 amide bonds. The van der Waals surface area contributed by atoms with Crippen LogP contribution in [0, 0.1) is 0 Å². The standard InChI is InChI=1S/C26H19ClN2O4/c1-32-19-13-10-18(11-14-19)25(30)29-28-16-22-20-7-3-2-6-17(20)12-15-24(22)33-26(31)21-8-4-5-9-23(21)27/h2-16H,1H3,(H,29,30)/b28-16+. The van der Waals surface area contributed by atoms with Crippen LogP contribution in [0.3, 0.4) is 0 Å². The summed E-state index contributed by atoms with van der Waals surface area (Å²) in [5.74, 6) is -0.0339. The van der Waals surface area contributed by atoms with Crippen molar-refractivity contribution in [3.63, 3.8) is 0 Å². The number of rotatable bonds is 6. The number of hydrogen-bond acceptors (Lipinski definition) is 5. The van der Waals surface area contributed by atoms with Gasteiger partial charge >= 0.3 is 5.97 Å². The number of carbonyl (C=O) groups is 2. The first kappa shape index (κ1) is 22.0. The molecule has 0 aromatic heterocycles. The second-order valence-electron chi connectivity index (χ2n) is 7.00. The minimum atomic E-state index is -0.590. The number of esters is 1. The highest BCUT2D eigenvalue weighted by molar-refractivity contribution is 6.33. The van der Waals surface area contributed by atoms with E-state index in [-0.39, 0.29) is 11.5 Å². The highest BCUT2D eigenvalue weighted by Crippen LogP contribution is 2.28. The Morgan fingerprint density at radius 2 is 1.64 bits per heavy atom. The van der Waals surface area contributed by atoms with E-state index in [1.54, 1.807) is 61.7 Å². The third-order valence-electron chi connectivity index (χ3n) is 4.94. The zero-order chi connectivity index (χ0) is 23.2. The lowest BCUT2D eigenvalue weighted by atomic mass is 10.0. The Morgan fingerprint density at radius 1 is 0.909 bits per heavy atom. The molecule has 0 aliphatic rings. The zero-order valence-electron chi connectivity index (χ0n) is 17.6. The molecule has 0 aliphatic carbocycles. The number of ether oxygens (including phenoxy) is 2. The summed E-state index contributed by atoms with van der Waals surface area (Å²) in [6.45, 7) is 0. The minimum Gasteiger partial charge on any atom is -0.497 e. The number of nitrogens with one attached hydrogen (secondary N) is 1. The van der Waals surface area contributed by atoms with Gasteiger partial charge in [0.15, 0.2) is 0 Å². The summed E-state index contributed by atoms with van der Waals surface area (Å²) in [6.07, 6.45) is 1.46. The number of hydrogen-bond donors (Lipinski definition) is 1. The van der Waals surface area contributed by atoms with Gasteiger partial charge in [0.2, 0.25) is 0 Å². The van der Waals surface area contributed by atoms with E-state index in [2.05, 4.69) is 10.5 Å². The Bertz CT molecular complexity index is 1350. The number of fused-ring (bicyclic) bond motifs is 1. The zero-order valence-corrected chi connectivity index (χ0v) is 18.4. The number of benzene rings is 4. The Kier molecular flexibility index (Phi) is 6.66. The molecule has 0 unspecified atom stereocenters. The highest BCUT2D eigenvalue weighted by Gasteiger charge is 2.16. The van der Waals surface area contributed by atoms with Crippen molar-refractivity contribution >= 4 is 40.5 Å². The van der Waals surface area contributed by atoms with Gasteiger partial charge in [0, 0.05) is 11.1 Å². The second kappa shape index (κ2) is 9.97. The number of carbonyl (C=O) groups excluding carboxylic acids is 2. The van der Waals surface area contributed by atoms with Gasteiger partial charge < -0.3 is 9.47 Å². The van der Waals surface area contributed by atoms with Crippen molar-refractivity contribution in [1.82, 2.24) is 5.43 Å². The van der Waals surface area contributed by atoms with Crippen LogP contribution in [0.2, 0.25) is 5.02 Å². The Hall–Kier alpha value is -4.16. The van der Waals surface area contributed by atoms with Crippen molar-refractivity contribution in [3.05, 3.63) is 107 Å². The summed E-state index contributed by atoms with van der Waals surface area (Å²) in [5.41, 5.74) is 3.72. The van der Waals surface area contributed by atoms with E-state index in [0.29, 0.717) is 27.6 Å². The molecular weight excluding hydrogens is 440 g/mol. The number of hydrazone groups is 1. The van der Waals surface area contributed by atoms with Crippen LogP contribution in [-0.4, -0.2) is 25.2 Å². The molecule has 0 radical (unpaired) electrons. The number of methoxy groups -OCH3 is 1. The summed E-state index contributed by atoms with van der Waals surface area (Å²) in [5, 5.41) is 6.13. The SMILES string of the molecule is COc1ccc(C(=O)N/N=C/c2c(OC(=O)c3ccccc3Cl)ccc3ccccc23)cc1. The maximum atomic E-state index is 12.7. The molecule has 7 heteroatoms. The number of halogens is 1. The molecule has 1 N–H and O–H groups in total. The topological polar surface area (TPSA) is 77.0 Å². The van der Waals surface area contributed by atoms with Gasteiger partial charge in [-0.2, -0.15) is 5.10 Å². The number of nitrogens with zero attached hydrogens (tertiary/aromatic N) is 1. The summed E-state index contributed by atoms with van der Waals surface area (Å²) < 4.78 is 10.7. The smallest absolute Gasteiger partial charge is 0.345 e. The lowest BCUT2D eigenvalue weighted by molar-refractivity contribution is 0.0734. The van der Waals surface area contributed by atoms with Gasteiger partial charge in [0.25, 0.3) is 5.91 Å². The summed E-state index contributed by atoms with van der Waals surface area (Å²) in [4.78, 5) is 25.1. The fraction of sp³-hybridized carbons (Fsp3) is 0.0385. The first-order chi connectivity index (χ1) is 16.1. The Balaban J connectivity index is 1.61. The molecule has 4 rings (SSSR count). The van der Waals surface area contributed by atoms with Crippen molar-refractivity contribution in [2.75, 3.05) is 7.11 Å². The van der Waals surface area contributed by atoms with Crippen LogP contribution >= 0.6 is 11.6 Å². The maximum absolute atomic E-state index is 12.7. The van der Waals surface area contributed by atoms with Crippen LogP contribution in [0.5, 0.6) is 11.5 Å². The van der Waals surface area contributed by atoms with Crippen LogP contribution in [0.25, 0.3) is 10.8 Å². The van der Waals surface area contributed by atoms with Crippen LogP contribution in [-0.2, 0) is 0 Å². The molecule has 164 valence electrons. The van der Waals surface area contributed by atoms with Gasteiger partial charge in [-0.1, -0.05) is 54.1 Å². The minimum absolute atomic E-state index is 0.253. The van der Waals surface area contributed by atoms with E-state index in [4.69, 9.17) is 21.1 Å². The van der Waals surface area contributed by atoms with Gasteiger partial charge in [-0.15, -0.1) is 0 Å². The molecule has 0 fully saturated rings. The molecule has 0 bridgehead atoms. The molecule has 4 aromatic rings. The van der Waals surface area contributed by atoms with Gasteiger partial charge in [-0.25, -0.2) is 10.2 Å². The molecule has 0 atom stereocenters. The van der Waals surface area contributed by atoms with E-state index in [1.165, 1.54) is 6.21 Å². The maximum Gasteiger partial charge on any atom is 0.345 e. The largest absolute Gasteiger partial charge is 0.497 e. The van der Waals surface area contributed by atoms with Crippen molar-refractivity contribution < 1.29 is 19.1 Å². The second-order valence-corrected chi connectivity index (χ2v) is 7.40. The van der Waals surface area contributed by atoms with Crippen molar-refractivity contribution in [1.29, 1.82) is 0 Å². The highest BCUT2D eigenvalue weighted by atomic mass is 35.5. The summed E-state index contributed by atoms with van der Waals surface area (Å²) in [7, 11) is 1.56. The Labute approximate surface area is 195 Å². The van der Waals surface area contributed by atoms with Gasteiger partial charge in [-0.3, -0.25) is 4.79 Å². The molecule has 4 aromatic carbocycles. The van der Waals surface area contributed by atoms with Crippen molar-refractivity contribution in [2.45, 2.75) is 0 Å². The normalized spacial score (nSPS) is 10.8. The molecular formula is C26H19ClN2O4. The van der Waals surface area contributed by atoms with Crippen molar-refractivity contribution in [3.8, 4) is 11.5 Å². The van der Waals surface area contributed by atoms with Crippen LogP contribution in [0.1, 0.15) is 26.3 Å². The fourth-order valence-corrected chi connectivity index (χ4v) is 3.45. The van der Waals surface area contributed by atoms with Crippen LogP contribution in [0.15, 0.2) is 90.0 Å². The van der Waals surface area contributed by atoms with Gasteiger partial charge in [0.05, 0.1) is 23.9 Å². The molecule has 0 saturated carbocycles. The average Bonchev–Trinajstić information content (AvgIpc) is 2.85. The van der Waals surface area contributed by atoms with E-state index in [9.17, 15) is 9.59 Å². The number of amides is 1. The molecule has 0 saturated heterocycles. The van der Waals surface area contributed by atoms with Gasteiger partial charge in [0.1, 0.15) is 11.5 Å². The van der Waals surface area contributed by atoms with Crippen molar-refractivity contribution in [2.24, 2.45) is 5.10 Å². The Morgan fingerprint density at radius 3 is 2.39 bits per heavy atom. The molecule has 0 spiro atoms. The first-order valence-electron chi connectivity index (χ1n) is 10.0. The molecule has 6 nitrogen and oxygen atoms in total. The lowest BCUT2D eigenvalue weighted by Crippen LogP contribution is -2.17. The first-order valence-corrected chi connectivity index (χ1v) is 10.4. The average molecular weight is 459 g/mol.